The fraction of sp³-hybridized carbons (Fsp3) is 0.636. The highest BCUT2D eigenvalue weighted by Crippen LogP contribution is 2.32. The Labute approximate surface area is 211 Å². The summed E-state index contributed by atoms with van der Waals surface area (Å²) in [7, 11) is 4.92. The van der Waals surface area contributed by atoms with E-state index >= 15 is 0 Å². The van der Waals surface area contributed by atoms with Crippen molar-refractivity contribution in [2.45, 2.75) is 61.3 Å². The van der Waals surface area contributed by atoms with Gasteiger partial charge >= 0.3 is 11.9 Å². The first-order valence-electron chi connectivity index (χ1n) is 11.3. The Hall–Kier alpha value is -2.60. The minimum absolute atomic E-state index is 0.0527. The summed E-state index contributed by atoms with van der Waals surface area (Å²) in [6.07, 6.45) is -15.6. The maximum absolute atomic E-state index is 12.4. The third kappa shape index (κ3) is 6.11. The molecule has 2 aliphatic rings. The predicted molar refractivity (Wildman–Crippen MR) is 121 cm³/mol. The number of nitrogen functional groups attached to an aromatic ring is 1. The maximum atomic E-state index is 12.4. The van der Waals surface area contributed by atoms with Gasteiger partial charge in [-0.15, -0.1) is 0 Å². The second kappa shape index (κ2) is 11.0. The van der Waals surface area contributed by atoms with Crippen LogP contribution < -0.4 is 5.73 Å². The van der Waals surface area contributed by atoms with Crippen LogP contribution in [-0.4, -0.2) is 141 Å². The Morgan fingerprint density at radius 3 is 2.24 bits per heavy atom. The minimum Gasteiger partial charge on any atom is -0.507 e. The summed E-state index contributed by atoms with van der Waals surface area (Å²) in [6.45, 7) is -0.609. The number of hydrogen-bond donors (Lipinski definition) is 8. The SMILES string of the molecule is C[N+](C)(C)[C@@H]1[C@@H](O[C@@H]2O[C@H](C(=O)O)[C@@H](O)[C@H](O)[C@H]2O)[C@H](O)[C@@H](COC(=O)c2cc(N)ccc2O)O[C@H]1O. The fourth-order valence-electron chi connectivity index (χ4n) is 4.31. The summed E-state index contributed by atoms with van der Waals surface area (Å²) >= 11 is 0. The molecule has 1 aromatic carbocycles. The van der Waals surface area contributed by atoms with Gasteiger partial charge in [-0.2, -0.15) is 0 Å². The van der Waals surface area contributed by atoms with Crippen LogP contribution >= 0.6 is 0 Å². The number of aliphatic hydroxyl groups is 5. The molecule has 2 aliphatic heterocycles. The average molecular weight is 534 g/mol. The summed E-state index contributed by atoms with van der Waals surface area (Å²) in [4.78, 5) is 23.9. The average Bonchev–Trinajstić information content (AvgIpc) is 2.80. The number of quaternary nitrogens is 1. The monoisotopic (exact) mass is 533 g/mol. The number of benzene rings is 1. The molecular weight excluding hydrogens is 500 g/mol. The second-order valence-corrected chi connectivity index (χ2v) is 9.87. The topological polar surface area (TPSA) is 239 Å². The summed E-state index contributed by atoms with van der Waals surface area (Å²) in [5.41, 5.74) is 5.57. The molecule has 1 aromatic rings. The lowest BCUT2D eigenvalue weighted by atomic mass is 9.94. The van der Waals surface area contributed by atoms with Crippen LogP contribution in [0.5, 0.6) is 5.75 Å². The summed E-state index contributed by atoms with van der Waals surface area (Å²) in [6, 6.07) is 2.71. The molecule has 0 amide bonds. The number of esters is 1. The Morgan fingerprint density at radius 1 is 1.00 bits per heavy atom. The molecule has 2 heterocycles. The van der Waals surface area contributed by atoms with Crippen LogP contribution in [0.2, 0.25) is 0 Å². The number of anilines is 1. The van der Waals surface area contributed by atoms with Gasteiger partial charge in [0.05, 0.1) is 21.1 Å². The van der Waals surface area contributed by atoms with Gasteiger partial charge in [0.25, 0.3) is 0 Å². The first-order valence-corrected chi connectivity index (χ1v) is 11.3. The molecule has 0 bridgehead atoms. The number of likely N-dealkylation sites (N-methyl/N-ethyl adjacent to an activating group) is 1. The van der Waals surface area contributed by atoms with Crippen LogP contribution in [0, 0.1) is 0 Å². The van der Waals surface area contributed by atoms with Gasteiger partial charge in [0.2, 0.25) is 6.29 Å². The number of aliphatic hydroxyl groups excluding tert-OH is 5. The van der Waals surface area contributed by atoms with Crippen molar-refractivity contribution in [3.05, 3.63) is 23.8 Å². The molecular formula is C22H33N2O13+. The number of aromatic hydroxyl groups is 1. The molecule has 37 heavy (non-hydrogen) atoms. The van der Waals surface area contributed by atoms with E-state index in [2.05, 4.69) is 0 Å². The van der Waals surface area contributed by atoms with Crippen LogP contribution in [0.1, 0.15) is 10.4 Å². The van der Waals surface area contributed by atoms with Crippen molar-refractivity contribution in [3.8, 4) is 5.75 Å². The molecule has 10 atom stereocenters. The first-order chi connectivity index (χ1) is 17.1. The van der Waals surface area contributed by atoms with Crippen LogP contribution in [0.25, 0.3) is 0 Å². The third-order valence-corrected chi connectivity index (χ3v) is 6.28. The van der Waals surface area contributed by atoms with Crippen molar-refractivity contribution in [3.63, 3.8) is 0 Å². The quantitative estimate of drug-likeness (QED) is 0.0736. The Bertz CT molecular complexity index is 986. The van der Waals surface area contributed by atoms with Gasteiger partial charge < -0.3 is 64.9 Å². The Kier molecular flexibility index (Phi) is 8.63. The number of aliphatic carboxylic acids is 1. The van der Waals surface area contributed by atoms with E-state index in [4.69, 9.17) is 24.7 Å². The largest absolute Gasteiger partial charge is 0.507 e. The second-order valence-electron chi connectivity index (χ2n) is 9.87. The zero-order valence-corrected chi connectivity index (χ0v) is 20.3. The molecule has 9 N–H and O–H groups in total. The zero-order valence-electron chi connectivity index (χ0n) is 20.3. The number of ether oxygens (including phenoxy) is 4. The van der Waals surface area contributed by atoms with Crippen molar-refractivity contribution >= 4 is 17.6 Å². The summed E-state index contributed by atoms with van der Waals surface area (Å²) < 4.78 is 21.4. The van der Waals surface area contributed by atoms with E-state index < -0.39 is 85.6 Å². The lowest BCUT2D eigenvalue weighted by molar-refractivity contribution is -0.910. The van der Waals surface area contributed by atoms with E-state index in [-0.39, 0.29) is 15.7 Å². The van der Waals surface area contributed by atoms with Gasteiger partial charge in [-0.3, -0.25) is 0 Å². The standard InChI is InChI=1S/C22H32N2O13/c1-24(2,3)12-17(36-22-16(29)14(27)15(28)18(37-22)19(30)31)13(26)11(35-21(12)33)7-34-20(32)9-6-8(23)4-5-10(9)25/h4-6,11-18,21-22,26-29,33H,7,23H2,1-3H3,(H-,25,30,31,32)/p+1/t11-,12-,13-,14+,15+,16-,17-,18+,21-,22-/m1/s1. The lowest BCUT2D eigenvalue weighted by Gasteiger charge is -2.49. The Balaban J connectivity index is 1.81. The van der Waals surface area contributed by atoms with Crippen molar-refractivity contribution in [2.75, 3.05) is 33.5 Å². The summed E-state index contributed by atoms with van der Waals surface area (Å²) in [5, 5.41) is 71.4. The van der Waals surface area contributed by atoms with Crippen LogP contribution in [0.4, 0.5) is 5.69 Å². The molecule has 15 heteroatoms. The maximum Gasteiger partial charge on any atom is 0.342 e. The van der Waals surface area contributed by atoms with Gasteiger partial charge in [-0.1, -0.05) is 0 Å². The number of hydrogen-bond acceptors (Lipinski definition) is 13. The van der Waals surface area contributed by atoms with Gasteiger partial charge in [0.1, 0.15) is 54.5 Å². The molecule has 0 spiro atoms. The van der Waals surface area contributed by atoms with E-state index in [0.717, 1.165) is 0 Å². The molecule has 0 unspecified atom stereocenters. The number of carboxylic acids is 1. The number of nitrogens with zero attached hydrogens (tertiary/aromatic N) is 1. The fourth-order valence-corrected chi connectivity index (χ4v) is 4.31. The van der Waals surface area contributed by atoms with Crippen molar-refractivity contribution < 1.29 is 68.8 Å². The minimum atomic E-state index is -1.96. The number of phenols is 1. The molecule has 0 radical (unpaired) electrons. The highest BCUT2D eigenvalue weighted by molar-refractivity contribution is 5.93. The Morgan fingerprint density at radius 2 is 1.65 bits per heavy atom. The molecule has 0 aromatic heterocycles. The van der Waals surface area contributed by atoms with Gasteiger partial charge in [-0.05, 0) is 18.2 Å². The van der Waals surface area contributed by atoms with Crippen LogP contribution in [0.3, 0.4) is 0 Å². The molecule has 0 aliphatic carbocycles. The summed E-state index contributed by atoms with van der Waals surface area (Å²) in [5.74, 6) is -3.01. The van der Waals surface area contributed by atoms with E-state index in [1.165, 1.54) is 18.2 Å². The highest BCUT2D eigenvalue weighted by atomic mass is 16.7. The van der Waals surface area contributed by atoms with E-state index in [1.807, 2.05) is 0 Å². The molecule has 208 valence electrons. The highest BCUT2D eigenvalue weighted by Gasteiger charge is 2.56. The van der Waals surface area contributed by atoms with Crippen molar-refractivity contribution in [2.24, 2.45) is 0 Å². The number of nitrogens with two attached hydrogens (primary N) is 1. The van der Waals surface area contributed by atoms with E-state index in [1.54, 1.807) is 21.1 Å². The molecule has 2 fully saturated rings. The van der Waals surface area contributed by atoms with E-state index in [0.29, 0.717) is 0 Å². The predicted octanol–water partition coefficient (Wildman–Crippen LogP) is -3.44. The van der Waals surface area contributed by atoms with E-state index in [9.17, 15) is 45.3 Å². The molecule has 3 rings (SSSR count). The number of rotatable bonds is 7. The first kappa shape index (κ1) is 29.0. The number of carbonyl (C=O) groups excluding carboxylic acids is 1. The van der Waals surface area contributed by atoms with Crippen LogP contribution in [0.15, 0.2) is 18.2 Å². The smallest absolute Gasteiger partial charge is 0.342 e. The lowest BCUT2D eigenvalue weighted by Crippen LogP contribution is -2.70. The molecule has 0 saturated carbocycles. The molecule has 2 saturated heterocycles. The van der Waals surface area contributed by atoms with Crippen LogP contribution in [-0.2, 0) is 23.7 Å². The molecule has 15 nitrogen and oxygen atoms in total. The van der Waals surface area contributed by atoms with Gasteiger partial charge in [-0.25, -0.2) is 9.59 Å². The number of phenolic OH excluding ortho intramolecular Hbond substituents is 1. The van der Waals surface area contributed by atoms with Crippen molar-refractivity contribution in [1.82, 2.24) is 0 Å². The van der Waals surface area contributed by atoms with Gasteiger partial charge in [0, 0.05) is 5.69 Å². The number of carboxylic acid groups (broad SMARTS) is 1. The third-order valence-electron chi connectivity index (χ3n) is 6.28. The zero-order chi connectivity index (χ0) is 27.8. The van der Waals surface area contributed by atoms with Gasteiger partial charge in [0.15, 0.2) is 18.4 Å². The van der Waals surface area contributed by atoms with Crippen molar-refractivity contribution in [1.29, 1.82) is 0 Å². The normalized spacial score (nSPS) is 36.6. The number of carbonyl (C=O) groups is 2.